The molecule has 0 radical (unpaired) electrons. The number of Topliss-reactive ketones (excluding diaryl/α,β-unsaturated/α-hetero) is 1. The van der Waals surface area contributed by atoms with Crippen molar-refractivity contribution >= 4 is 28.4 Å². The van der Waals surface area contributed by atoms with Crippen LogP contribution in [0.2, 0.25) is 0 Å². The highest BCUT2D eigenvalue weighted by atomic mass is 127. The van der Waals surface area contributed by atoms with Crippen LogP contribution in [0.4, 0.5) is 0 Å². The van der Waals surface area contributed by atoms with Crippen LogP contribution in [-0.4, -0.2) is 29.7 Å². The molecule has 1 aromatic rings. The molecule has 14 heavy (non-hydrogen) atoms. The third-order valence-corrected chi connectivity index (χ3v) is 2.74. The second-order valence-electron chi connectivity index (χ2n) is 2.65. The molecule has 0 aromatic heterocycles. The second-order valence-corrected chi connectivity index (χ2v) is 3.73. The Hall–Kier alpha value is -0.820. The molecule has 0 aliphatic carbocycles. The van der Waals surface area contributed by atoms with Crippen LogP contribution < -0.4 is 0 Å². The Kier molecular flexibility index (Phi) is 3.70. The number of carbonyl (C=O) groups excluding carboxylic acids is 1. The highest BCUT2D eigenvalue weighted by molar-refractivity contribution is 14.1. The van der Waals surface area contributed by atoms with Crippen LogP contribution in [0, 0.1) is 3.57 Å². The van der Waals surface area contributed by atoms with Crippen molar-refractivity contribution in [3.8, 4) is 11.5 Å². The van der Waals surface area contributed by atoms with Gasteiger partial charge in [-0.25, -0.2) is 0 Å². The lowest BCUT2D eigenvalue weighted by Crippen LogP contribution is -2.07. The molecule has 0 aliphatic rings. The summed E-state index contributed by atoms with van der Waals surface area (Å²) in [6, 6.07) is 2.73. The van der Waals surface area contributed by atoms with E-state index in [-0.39, 0.29) is 33.0 Å². The first-order valence-corrected chi connectivity index (χ1v) is 4.88. The van der Waals surface area contributed by atoms with Crippen LogP contribution in [0.25, 0.3) is 0 Å². The molecule has 0 fully saturated rings. The maximum absolute atomic E-state index is 11.4. The summed E-state index contributed by atoms with van der Waals surface area (Å²) in [6.07, 6.45) is 0. The number of ketones is 1. The first-order valence-electron chi connectivity index (χ1n) is 3.80. The van der Waals surface area contributed by atoms with E-state index < -0.39 is 0 Å². The minimum absolute atomic E-state index is 0.0444. The predicted molar refractivity (Wildman–Crippen MR) is 58.7 cm³/mol. The van der Waals surface area contributed by atoms with E-state index in [4.69, 9.17) is 0 Å². The number of phenolic OH excluding ortho intramolecular Hbond substituents is 2. The largest absolute Gasteiger partial charge is 0.507 e. The highest BCUT2D eigenvalue weighted by Crippen LogP contribution is 2.31. The van der Waals surface area contributed by atoms with E-state index in [0.29, 0.717) is 0 Å². The van der Waals surface area contributed by atoms with Gasteiger partial charge in [-0.1, -0.05) is 0 Å². The summed E-state index contributed by atoms with van der Waals surface area (Å²) in [4.78, 5) is 11.4. The van der Waals surface area contributed by atoms with Gasteiger partial charge in [0.2, 0.25) is 0 Å². The molecular formula is C9H9IO4. The summed E-state index contributed by atoms with van der Waals surface area (Å²) in [5, 5.41) is 18.8. The first-order chi connectivity index (χ1) is 6.57. The van der Waals surface area contributed by atoms with E-state index in [1.807, 2.05) is 0 Å². The molecule has 0 unspecified atom stereocenters. The average molecular weight is 308 g/mol. The van der Waals surface area contributed by atoms with Crippen molar-refractivity contribution in [1.29, 1.82) is 0 Å². The smallest absolute Gasteiger partial charge is 0.192 e. The third-order valence-electron chi connectivity index (χ3n) is 1.67. The Morgan fingerprint density at radius 3 is 2.71 bits per heavy atom. The van der Waals surface area contributed by atoms with Gasteiger partial charge in [-0.3, -0.25) is 4.79 Å². The molecule has 0 aliphatic heterocycles. The third kappa shape index (κ3) is 2.16. The fraction of sp³-hybridized carbons (Fsp3) is 0.222. The maximum Gasteiger partial charge on any atom is 0.192 e. The molecule has 76 valence electrons. The number of hydrogen-bond acceptors (Lipinski definition) is 4. The summed E-state index contributed by atoms with van der Waals surface area (Å²) in [5.41, 5.74) is 0.161. The number of hydrogen-bond donors (Lipinski definition) is 2. The molecule has 1 aromatic carbocycles. The minimum Gasteiger partial charge on any atom is -0.507 e. The quantitative estimate of drug-likeness (QED) is 0.656. The maximum atomic E-state index is 11.4. The minimum atomic E-state index is -0.317. The summed E-state index contributed by atoms with van der Waals surface area (Å²) >= 11 is 1.76. The van der Waals surface area contributed by atoms with Crippen molar-refractivity contribution in [3.63, 3.8) is 0 Å². The van der Waals surface area contributed by atoms with E-state index in [2.05, 4.69) is 4.74 Å². The number of methoxy groups -OCH3 is 1. The Balaban J connectivity index is 3.11. The predicted octanol–water partition coefficient (Wildman–Crippen LogP) is 1.53. The van der Waals surface area contributed by atoms with E-state index in [1.165, 1.54) is 19.2 Å². The highest BCUT2D eigenvalue weighted by Gasteiger charge is 2.15. The van der Waals surface area contributed by atoms with Gasteiger partial charge in [0, 0.05) is 7.11 Å². The van der Waals surface area contributed by atoms with E-state index in [0.717, 1.165) is 0 Å². The van der Waals surface area contributed by atoms with Gasteiger partial charge >= 0.3 is 0 Å². The van der Waals surface area contributed by atoms with Gasteiger partial charge in [-0.15, -0.1) is 0 Å². The molecule has 2 N–H and O–H groups in total. The van der Waals surface area contributed by atoms with Crippen molar-refractivity contribution in [2.45, 2.75) is 0 Å². The van der Waals surface area contributed by atoms with E-state index in [9.17, 15) is 15.0 Å². The Labute approximate surface area is 94.7 Å². The molecule has 0 spiro atoms. The summed E-state index contributed by atoms with van der Waals surface area (Å²) in [6.45, 7) is -0.0889. The second kappa shape index (κ2) is 4.61. The van der Waals surface area contributed by atoms with Crippen LogP contribution in [0.3, 0.4) is 0 Å². The van der Waals surface area contributed by atoms with Gasteiger partial charge in [0.1, 0.15) is 18.1 Å². The summed E-state index contributed by atoms with van der Waals surface area (Å²) in [5.74, 6) is -0.562. The zero-order valence-electron chi connectivity index (χ0n) is 7.45. The molecule has 0 saturated carbocycles. The van der Waals surface area contributed by atoms with Crippen molar-refractivity contribution < 1.29 is 19.7 Å². The fourth-order valence-electron chi connectivity index (χ4n) is 0.988. The molecule has 4 nitrogen and oxygen atoms in total. The lowest BCUT2D eigenvalue weighted by atomic mass is 10.1. The van der Waals surface area contributed by atoms with Gasteiger partial charge < -0.3 is 14.9 Å². The molecular weight excluding hydrogens is 299 g/mol. The molecule has 0 bridgehead atoms. The van der Waals surface area contributed by atoms with Gasteiger partial charge in [0.15, 0.2) is 5.78 Å². The van der Waals surface area contributed by atoms with E-state index >= 15 is 0 Å². The standard InChI is InChI=1S/C9H9IO4/c1-14-4-7(12)5-2-3-6(11)8(10)9(5)13/h2-3,11,13H,4H2,1H3. The molecule has 0 heterocycles. The lowest BCUT2D eigenvalue weighted by molar-refractivity contribution is 0.0845. The molecule has 0 saturated heterocycles. The van der Waals surface area contributed by atoms with Crippen LogP contribution in [0.1, 0.15) is 10.4 Å². The number of halogens is 1. The monoisotopic (exact) mass is 308 g/mol. The summed E-state index contributed by atoms with van der Waals surface area (Å²) < 4.78 is 4.93. The van der Waals surface area contributed by atoms with Crippen LogP contribution in [0.5, 0.6) is 11.5 Å². The number of benzene rings is 1. The number of rotatable bonds is 3. The summed E-state index contributed by atoms with van der Waals surface area (Å²) in [7, 11) is 1.40. The topological polar surface area (TPSA) is 66.8 Å². The first kappa shape index (κ1) is 11.3. The van der Waals surface area contributed by atoms with E-state index in [1.54, 1.807) is 22.6 Å². The SMILES string of the molecule is COCC(=O)c1ccc(O)c(I)c1O. The fourth-order valence-corrected chi connectivity index (χ4v) is 1.46. The van der Waals surface area contributed by atoms with Gasteiger partial charge in [-0.05, 0) is 34.7 Å². The Morgan fingerprint density at radius 1 is 1.50 bits per heavy atom. The van der Waals surface area contributed by atoms with Crippen LogP contribution in [-0.2, 0) is 4.74 Å². The lowest BCUT2D eigenvalue weighted by Gasteiger charge is -2.05. The Morgan fingerprint density at radius 2 is 2.14 bits per heavy atom. The van der Waals surface area contributed by atoms with Crippen LogP contribution in [0.15, 0.2) is 12.1 Å². The average Bonchev–Trinajstić information content (AvgIpc) is 2.15. The van der Waals surface area contributed by atoms with Crippen molar-refractivity contribution in [1.82, 2.24) is 0 Å². The van der Waals surface area contributed by atoms with Crippen molar-refractivity contribution in [3.05, 3.63) is 21.3 Å². The van der Waals surface area contributed by atoms with Gasteiger partial charge in [0.25, 0.3) is 0 Å². The Bertz CT molecular complexity index is 362. The van der Waals surface area contributed by atoms with Gasteiger partial charge in [-0.2, -0.15) is 0 Å². The molecule has 5 heteroatoms. The van der Waals surface area contributed by atoms with Crippen molar-refractivity contribution in [2.24, 2.45) is 0 Å². The number of carbonyl (C=O) groups is 1. The van der Waals surface area contributed by atoms with Crippen LogP contribution >= 0.6 is 22.6 Å². The molecule has 0 atom stereocenters. The number of phenols is 2. The number of aromatic hydroxyl groups is 2. The zero-order valence-corrected chi connectivity index (χ0v) is 9.61. The molecule has 1 rings (SSSR count). The zero-order chi connectivity index (χ0) is 10.7. The normalized spacial score (nSPS) is 10.1. The van der Waals surface area contributed by atoms with Crippen molar-refractivity contribution in [2.75, 3.05) is 13.7 Å². The molecule has 0 amide bonds. The van der Waals surface area contributed by atoms with Gasteiger partial charge in [0.05, 0.1) is 9.13 Å². The number of ether oxygens (including phenoxy) is 1.